The van der Waals surface area contributed by atoms with E-state index in [0.717, 1.165) is 45.4 Å². The number of hydrogen-bond donors (Lipinski definition) is 0. The van der Waals surface area contributed by atoms with Crippen molar-refractivity contribution >= 4 is 22.7 Å². The number of aryl methyl sites for hydroxylation is 3. The Bertz CT molecular complexity index is 1870. The summed E-state index contributed by atoms with van der Waals surface area (Å²) in [5.74, 6) is 1.51. The van der Waals surface area contributed by atoms with Crippen molar-refractivity contribution in [3.05, 3.63) is 139 Å². The van der Waals surface area contributed by atoms with E-state index in [1.807, 2.05) is 84.1 Å². The summed E-state index contributed by atoms with van der Waals surface area (Å²) < 4.78 is 8.26. The van der Waals surface area contributed by atoms with Gasteiger partial charge < -0.3 is 14.5 Å². The molecule has 42 heavy (non-hydrogen) atoms. The monoisotopic (exact) mass is 549 g/mol. The van der Waals surface area contributed by atoms with Crippen LogP contribution in [0.3, 0.4) is 0 Å². The highest BCUT2D eigenvalue weighted by Gasteiger charge is 2.30. The molecule has 0 bridgehead atoms. The Morgan fingerprint density at radius 2 is 1.36 bits per heavy atom. The standard InChI is InChI=1S/C36H31N5O/c1-25-17-26(2)36(27(3)18-25)40-24-39(35-22-37-16-15-34(35)40)30-11-7-13-32(19-30)42-33-14-8-12-31(20-33)41-23-29(21-38-41)28-9-5-4-6-10-28/h4-23H,24H2,1-3H3. The van der Waals surface area contributed by atoms with Crippen molar-refractivity contribution in [2.45, 2.75) is 20.8 Å². The van der Waals surface area contributed by atoms with E-state index in [0.29, 0.717) is 6.67 Å². The average molecular weight is 550 g/mol. The van der Waals surface area contributed by atoms with E-state index in [9.17, 15) is 0 Å². The third-order valence-corrected chi connectivity index (χ3v) is 7.68. The molecule has 0 atom stereocenters. The molecule has 7 rings (SSSR count). The van der Waals surface area contributed by atoms with Gasteiger partial charge in [0, 0.05) is 41.5 Å². The highest BCUT2D eigenvalue weighted by Crippen LogP contribution is 2.46. The van der Waals surface area contributed by atoms with Gasteiger partial charge in [-0.2, -0.15) is 5.10 Å². The highest BCUT2D eigenvalue weighted by atomic mass is 16.5. The number of pyridine rings is 1. The lowest BCUT2D eigenvalue weighted by Gasteiger charge is -2.25. The second-order valence-corrected chi connectivity index (χ2v) is 10.7. The molecule has 206 valence electrons. The second kappa shape index (κ2) is 10.6. The van der Waals surface area contributed by atoms with E-state index in [-0.39, 0.29) is 0 Å². The van der Waals surface area contributed by atoms with Crippen LogP contribution in [0.25, 0.3) is 16.8 Å². The first-order valence-electron chi connectivity index (χ1n) is 14.1. The molecule has 4 aromatic carbocycles. The molecular formula is C36H31N5O. The van der Waals surface area contributed by atoms with Crippen molar-refractivity contribution in [2.75, 3.05) is 16.5 Å². The molecule has 0 saturated heterocycles. The van der Waals surface area contributed by atoms with Crippen molar-refractivity contribution in [1.82, 2.24) is 14.8 Å². The molecular weight excluding hydrogens is 518 g/mol. The molecule has 0 radical (unpaired) electrons. The molecule has 6 aromatic rings. The van der Waals surface area contributed by atoms with Gasteiger partial charge in [-0.15, -0.1) is 0 Å². The van der Waals surface area contributed by atoms with Crippen LogP contribution in [0.15, 0.2) is 122 Å². The van der Waals surface area contributed by atoms with Gasteiger partial charge in [-0.05, 0) is 67.8 Å². The van der Waals surface area contributed by atoms with Gasteiger partial charge in [0.15, 0.2) is 0 Å². The minimum atomic E-state index is 0.688. The first-order valence-corrected chi connectivity index (χ1v) is 14.1. The second-order valence-electron chi connectivity index (χ2n) is 10.7. The van der Waals surface area contributed by atoms with E-state index in [4.69, 9.17) is 4.74 Å². The Morgan fingerprint density at radius 3 is 2.12 bits per heavy atom. The van der Waals surface area contributed by atoms with E-state index in [2.05, 4.69) is 83.1 Å². The summed E-state index contributed by atoms with van der Waals surface area (Å²) >= 11 is 0. The maximum absolute atomic E-state index is 6.39. The number of benzene rings is 4. The predicted molar refractivity (Wildman–Crippen MR) is 170 cm³/mol. The van der Waals surface area contributed by atoms with Gasteiger partial charge in [-0.3, -0.25) is 4.98 Å². The number of ether oxygens (including phenoxy) is 1. The molecule has 0 spiro atoms. The number of nitrogens with zero attached hydrogens (tertiary/aromatic N) is 5. The van der Waals surface area contributed by atoms with Crippen LogP contribution in [-0.2, 0) is 0 Å². The lowest BCUT2D eigenvalue weighted by atomic mass is 10.0. The molecule has 6 nitrogen and oxygen atoms in total. The van der Waals surface area contributed by atoms with Gasteiger partial charge in [0.2, 0.25) is 0 Å². The van der Waals surface area contributed by atoms with Crippen LogP contribution in [0.2, 0.25) is 0 Å². The summed E-state index contributed by atoms with van der Waals surface area (Å²) in [7, 11) is 0. The molecule has 2 aromatic heterocycles. The molecule has 0 aliphatic carbocycles. The first-order chi connectivity index (χ1) is 20.5. The van der Waals surface area contributed by atoms with Crippen LogP contribution in [0, 0.1) is 20.8 Å². The zero-order chi connectivity index (χ0) is 28.6. The quantitative estimate of drug-likeness (QED) is 0.208. The molecule has 0 N–H and O–H groups in total. The summed E-state index contributed by atoms with van der Waals surface area (Å²) in [5, 5.41) is 4.59. The summed E-state index contributed by atoms with van der Waals surface area (Å²) in [6, 6.07) is 33.1. The van der Waals surface area contributed by atoms with E-state index in [1.165, 1.54) is 22.4 Å². The van der Waals surface area contributed by atoms with Gasteiger partial charge in [0.1, 0.15) is 18.2 Å². The predicted octanol–water partition coefficient (Wildman–Crippen LogP) is 8.90. The van der Waals surface area contributed by atoms with Crippen LogP contribution in [-0.4, -0.2) is 21.4 Å². The lowest BCUT2D eigenvalue weighted by Crippen LogP contribution is -2.25. The highest BCUT2D eigenvalue weighted by molar-refractivity contribution is 5.88. The molecule has 0 fully saturated rings. The van der Waals surface area contributed by atoms with Gasteiger partial charge in [0.05, 0.1) is 29.5 Å². The molecule has 3 heterocycles. The fourth-order valence-electron chi connectivity index (χ4n) is 5.90. The van der Waals surface area contributed by atoms with E-state index in [1.54, 1.807) is 0 Å². The number of anilines is 4. The summed E-state index contributed by atoms with van der Waals surface area (Å²) in [5.41, 5.74) is 11.5. The SMILES string of the molecule is Cc1cc(C)c(N2CN(c3cccc(Oc4cccc(-n5cc(-c6ccccc6)cn5)c4)c3)c3cnccc32)c(C)c1. The topological polar surface area (TPSA) is 46.4 Å². The van der Waals surface area contributed by atoms with Gasteiger partial charge in [-0.25, -0.2) is 4.68 Å². The van der Waals surface area contributed by atoms with Crippen LogP contribution in [0.4, 0.5) is 22.7 Å². The van der Waals surface area contributed by atoms with Gasteiger partial charge >= 0.3 is 0 Å². The molecule has 1 aliphatic heterocycles. The van der Waals surface area contributed by atoms with Gasteiger partial charge in [0.25, 0.3) is 0 Å². The normalized spacial score (nSPS) is 12.5. The Labute approximate surface area is 246 Å². The largest absolute Gasteiger partial charge is 0.457 e. The smallest absolute Gasteiger partial charge is 0.129 e. The first kappa shape index (κ1) is 25.6. The average Bonchev–Trinajstić information content (AvgIpc) is 3.64. The fraction of sp³-hybridized carbons (Fsp3) is 0.111. The molecule has 6 heteroatoms. The number of fused-ring (bicyclic) bond motifs is 1. The number of hydrogen-bond acceptors (Lipinski definition) is 5. The van der Waals surface area contributed by atoms with Crippen molar-refractivity contribution < 1.29 is 4.74 Å². The summed E-state index contributed by atoms with van der Waals surface area (Å²) in [6.45, 7) is 7.21. The van der Waals surface area contributed by atoms with Crippen molar-refractivity contribution in [2.24, 2.45) is 0 Å². The molecule has 0 amide bonds. The maximum Gasteiger partial charge on any atom is 0.129 e. The Hall–Kier alpha value is -5.36. The Morgan fingerprint density at radius 1 is 0.643 bits per heavy atom. The lowest BCUT2D eigenvalue weighted by molar-refractivity contribution is 0.482. The van der Waals surface area contributed by atoms with Crippen LogP contribution < -0.4 is 14.5 Å². The van der Waals surface area contributed by atoms with Crippen molar-refractivity contribution in [1.29, 1.82) is 0 Å². The molecule has 1 aliphatic rings. The number of rotatable bonds is 6. The van der Waals surface area contributed by atoms with Crippen molar-refractivity contribution in [3.8, 4) is 28.3 Å². The van der Waals surface area contributed by atoms with Gasteiger partial charge in [-0.1, -0.05) is 60.2 Å². The number of aromatic nitrogens is 3. The third kappa shape index (κ3) is 4.77. The van der Waals surface area contributed by atoms with Crippen LogP contribution in [0.1, 0.15) is 16.7 Å². The van der Waals surface area contributed by atoms with Crippen LogP contribution >= 0.6 is 0 Å². The van der Waals surface area contributed by atoms with E-state index < -0.39 is 0 Å². The minimum Gasteiger partial charge on any atom is -0.457 e. The maximum atomic E-state index is 6.39. The Balaban J connectivity index is 1.16. The Kier molecular flexibility index (Phi) is 6.44. The minimum absolute atomic E-state index is 0.688. The third-order valence-electron chi connectivity index (χ3n) is 7.68. The van der Waals surface area contributed by atoms with Crippen molar-refractivity contribution in [3.63, 3.8) is 0 Å². The van der Waals surface area contributed by atoms with Crippen LogP contribution in [0.5, 0.6) is 11.5 Å². The molecule has 0 saturated carbocycles. The summed E-state index contributed by atoms with van der Waals surface area (Å²) in [6.07, 6.45) is 7.73. The van der Waals surface area contributed by atoms with E-state index >= 15 is 0 Å². The summed E-state index contributed by atoms with van der Waals surface area (Å²) in [4.78, 5) is 9.13. The zero-order valence-electron chi connectivity index (χ0n) is 23.9. The molecule has 0 unspecified atom stereocenters. The fourth-order valence-corrected chi connectivity index (χ4v) is 5.90. The zero-order valence-corrected chi connectivity index (χ0v) is 23.9.